The highest BCUT2D eigenvalue weighted by atomic mass is 16.6. The zero-order chi connectivity index (χ0) is 18.5. The van der Waals surface area contributed by atoms with E-state index in [4.69, 9.17) is 9.84 Å². The molecule has 4 heteroatoms. The zero-order valence-electron chi connectivity index (χ0n) is 15.6. The molecule has 25 heavy (non-hydrogen) atoms. The molecule has 0 saturated carbocycles. The van der Waals surface area contributed by atoms with E-state index in [1.165, 1.54) is 0 Å². The van der Waals surface area contributed by atoms with Crippen molar-refractivity contribution in [2.45, 2.75) is 83.7 Å². The van der Waals surface area contributed by atoms with Gasteiger partial charge in [-0.05, 0) is 44.1 Å². The van der Waals surface area contributed by atoms with Gasteiger partial charge in [0, 0.05) is 12.8 Å². The molecule has 0 heterocycles. The maximum atomic E-state index is 12.4. The second kappa shape index (κ2) is 11.7. The number of hydrogen-bond acceptors (Lipinski definition) is 3. The molecule has 4 nitrogen and oxygen atoms in total. The monoisotopic (exact) mass is 348 g/mol. The van der Waals surface area contributed by atoms with Gasteiger partial charge in [-0.1, -0.05) is 57.0 Å². The quantitative estimate of drug-likeness (QED) is 0.380. The third kappa shape index (κ3) is 7.72. The number of carboxylic acids is 1. The molecule has 0 aliphatic rings. The highest BCUT2D eigenvalue weighted by Crippen LogP contribution is 2.37. The van der Waals surface area contributed by atoms with Crippen LogP contribution in [0.1, 0.15) is 83.6 Å². The molecule has 0 aromatic heterocycles. The van der Waals surface area contributed by atoms with Gasteiger partial charge in [0.1, 0.15) is 5.60 Å². The molecule has 0 fully saturated rings. The van der Waals surface area contributed by atoms with Crippen molar-refractivity contribution in [2.24, 2.45) is 0 Å². The largest absolute Gasteiger partial charge is 0.481 e. The molecule has 0 amide bonds. The lowest BCUT2D eigenvalue weighted by Gasteiger charge is -2.34. The summed E-state index contributed by atoms with van der Waals surface area (Å²) in [5.74, 6) is -1.04. The first kappa shape index (κ1) is 21.2. The molecule has 0 bridgehead atoms. The van der Waals surface area contributed by atoms with Crippen LogP contribution in [0.15, 0.2) is 30.3 Å². The number of carbonyl (C=O) groups is 2. The molecule has 1 N–H and O–H groups in total. The van der Waals surface area contributed by atoms with Crippen LogP contribution in [0.25, 0.3) is 0 Å². The summed E-state index contributed by atoms with van der Waals surface area (Å²) in [7, 11) is 0. The molecular weight excluding hydrogens is 316 g/mol. The number of aliphatic carboxylic acids is 1. The number of hydrogen-bond donors (Lipinski definition) is 1. The normalized spacial score (nSPS) is 11.3. The van der Waals surface area contributed by atoms with Crippen LogP contribution >= 0.6 is 0 Å². The second-order valence-corrected chi connectivity index (χ2v) is 6.64. The predicted molar refractivity (Wildman–Crippen MR) is 99.4 cm³/mol. The van der Waals surface area contributed by atoms with Gasteiger partial charge in [-0.15, -0.1) is 0 Å². The number of esters is 1. The molecule has 1 aromatic carbocycles. The van der Waals surface area contributed by atoms with Crippen molar-refractivity contribution in [3.8, 4) is 0 Å². The van der Waals surface area contributed by atoms with Crippen molar-refractivity contribution >= 4 is 11.9 Å². The van der Waals surface area contributed by atoms with Crippen molar-refractivity contribution < 1.29 is 19.4 Å². The van der Waals surface area contributed by atoms with E-state index in [0.29, 0.717) is 12.8 Å². The molecule has 0 radical (unpaired) electrons. The topological polar surface area (TPSA) is 63.6 Å². The Morgan fingerprint density at radius 1 is 0.920 bits per heavy atom. The fourth-order valence-corrected chi connectivity index (χ4v) is 3.06. The summed E-state index contributed by atoms with van der Waals surface area (Å²) >= 11 is 0. The minimum Gasteiger partial charge on any atom is -0.481 e. The van der Waals surface area contributed by atoms with Crippen molar-refractivity contribution in [3.05, 3.63) is 35.9 Å². The molecule has 0 atom stereocenters. The molecule has 0 aliphatic carbocycles. The van der Waals surface area contributed by atoms with E-state index in [-0.39, 0.29) is 18.8 Å². The van der Waals surface area contributed by atoms with Gasteiger partial charge < -0.3 is 9.84 Å². The van der Waals surface area contributed by atoms with E-state index in [1.54, 1.807) is 0 Å². The van der Waals surface area contributed by atoms with E-state index in [9.17, 15) is 9.59 Å². The lowest BCUT2D eigenvalue weighted by Crippen LogP contribution is -2.33. The Hall–Kier alpha value is -1.84. The Kier molecular flexibility index (Phi) is 9.90. The van der Waals surface area contributed by atoms with Crippen LogP contribution in [0.2, 0.25) is 0 Å². The van der Waals surface area contributed by atoms with Gasteiger partial charge in [0.15, 0.2) is 0 Å². The Labute approximate surface area is 151 Å². The van der Waals surface area contributed by atoms with Gasteiger partial charge in [-0.2, -0.15) is 0 Å². The summed E-state index contributed by atoms with van der Waals surface area (Å²) in [5.41, 5.74) is 0.507. The molecule has 140 valence electrons. The lowest BCUT2D eigenvalue weighted by molar-refractivity contribution is -0.164. The van der Waals surface area contributed by atoms with Crippen molar-refractivity contribution in [1.29, 1.82) is 0 Å². The number of rotatable bonds is 13. The van der Waals surface area contributed by atoms with E-state index in [2.05, 4.69) is 13.8 Å². The van der Waals surface area contributed by atoms with E-state index in [1.807, 2.05) is 30.3 Å². The standard InChI is InChI=1S/C21H32O4/c1-3-5-16-21(17-6-4-2,18-12-8-7-9-13-18)25-20(24)15-11-10-14-19(22)23/h7-9,12-13H,3-6,10-11,14-17H2,1-2H3,(H,22,23). The maximum absolute atomic E-state index is 12.4. The van der Waals surface area contributed by atoms with Crippen LogP contribution in [-0.2, 0) is 19.9 Å². The van der Waals surface area contributed by atoms with Crippen LogP contribution in [-0.4, -0.2) is 17.0 Å². The minimum absolute atomic E-state index is 0.1000. The number of carboxylic acid groups (broad SMARTS) is 1. The van der Waals surface area contributed by atoms with E-state index >= 15 is 0 Å². The second-order valence-electron chi connectivity index (χ2n) is 6.64. The van der Waals surface area contributed by atoms with Gasteiger partial charge in [0.2, 0.25) is 0 Å². The van der Waals surface area contributed by atoms with Crippen molar-refractivity contribution in [2.75, 3.05) is 0 Å². The highest BCUT2D eigenvalue weighted by Gasteiger charge is 2.35. The van der Waals surface area contributed by atoms with Crippen LogP contribution in [0, 0.1) is 0 Å². The predicted octanol–water partition coefficient (Wildman–Crippen LogP) is 5.45. The molecule has 1 rings (SSSR count). The maximum Gasteiger partial charge on any atom is 0.306 e. The van der Waals surface area contributed by atoms with Gasteiger partial charge in [0.25, 0.3) is 0 Å². The van der Waals surface area contributed by atoms with Gasteiger partial charge >= 0.3 is 11.9 Å². The average molecular weight is 348 g/mol. The summed E-state index contributed by atoms with van der Waals surface area (Å²) in [6.07, 6.45) is 7.21. The summed E-state index contributed by atoms with van der Waals surface area (Å²) in [6.45, 7) is 4.28. The first-order valence-corrected chi connectivity index (χ1v) is 9.53. The fourth-order valence-electron chi connectivity index (χ4n) is 3.06. The van der Waals surface area contributed by atoms with E-state index < -0.39 is 11.6 Å². The molecule has 0 spiro atoms. The molecular formula is C21H32O4. The van der Waals surface area contributed by atoms with Crippen LogP contribution in [0.4, 0.5) is 0 Å². The zero-order valence-corrected chi connectivity index (χ0v) is 15.6. The first-order valence-electron chi connectivity index (χ1n) is 9.53. The van der Waals surface area contributed by atoms with Crippen LogP contribution in [0.3, 0.4) is 0 Å². The smallest absolute Gasteiger partial charge is 0.306 e. The summed E-state index contributed by atoms with van der Waals surface area (Å²) in [6, 6.07) is 10.0. The number of ether oxygens (including phenoxy) is 1. The summed E-state index contributed by atoms with van der Waals surface area (Å²) in [5, 5.41) is 8.69. The third-order valence-electron chi connectivity index (χ3n) is 4.50. The molecule has 0 aliphatic heterocycles. The highest BCUT2D eigenvalue weighted by molar-refractivity contribution is 5.70. The Morgan fingerprint density at radius 2 is 1.48 bits per heavy atom. The summed E-state index contributed by atoms with van der Waals surface area (Å²) in [4.78, 5) is 23.0. The number of carbonyl (C=O) groups excluding carboxylic acids is 1. The Balaban J connectivity index is 2.84. The van der Waals surface area contributed by atoms with Gasteiger partial charge in [-0.3, -0.25) is 9.59 Å². The minimum atomic E-state index is -0.821. The van der Waals surface area contributed by atoms with Crippen molar-refractivity contribution in [1.82, 2.24) is 0 Å². The number of unbranched alkanes of at least 4 members (excludes halogenated alkanes) is 3. The average Bonchev–Trinajstić information content (AvgIpc) is 2.61. The van der Waals surface area contributed by atoms with Gasteiger partial charge in [-0.25, -0.2) is 0 Å². The Bertz CT molecular complexity index is 502. The lowest BCUT2D eigenvalue weighted by atomic mass is 9.83. The Morgan fingerprint density at radius 3 is 2.00 bits per heavy atom. The molecule has 0 saturated heterocycles. The first-order chi connectivity index (χ1) is 12.0. The van der Waals surface area contributed by atoms with Crippen LogP contribution in [0.5, 0.6) is 0 Å². The summed E-state index contributed by atoms with van der Waals surface area (Å²) < 4.78 is 6.05. The van der Waals surface area contributed by atoms with Crippen LogP contribution < -0.4 is 0 Å². The van der Waals surface area contributed by atoms with E-state index in [0.717, 1.165) is 44.1 Å². The number of benzene rings is 1. The molecule has 1 aromatic rings. The van der Waals surface area contributed by atoms with Gasteiger partial charge in [0.05, 0.1) is 0 Å². The molecule has 0 unspecified atom stereocenters. The SMILES string of the molecule is CCCCC(CCCC)(OC(=O)CCCCC(=O)O)c1ccccc1. The van der Waals surface area contributed by atoms with Crippen molar-refractivity contribution in [3.63, 3.8) is 0 Å². The fraction of sp³-hybridized carbons (Fsp3) is 0.619. The third-order valence-corrected chi connectivity index (χ3v) is 4.50.